The van der Waals surface area contributed by atoms with E-state index in [1.165, 1.54) is 25.1 Å². The van der Waals surface area contributed by atoms with Crippen LogP contribution in [0.15, 0.2) is 59.4 Å². The molecule has 0 radical (unpaired) electrons. The van der Waals surface area contributed by atoms with Gasteiger partial charge in [0.2, 0.25) is 5.88 Å². The normalized spacial score (nSPS) is 11.0. The maximum Gasteiger partial charge on any atom is 0.229 e. The minimum atomic E-state index is -0.969. The molecule has 4 aromatic rings. The third kappa shape index (κ3) is 3.24. The highest BCUT2D eigenvalue weighted by Gasteiger charge is 2.16. The molecule has 4 rings (SSSR count). The van der Waals surface area contributed by atoms with Crippen molar-refractivity contribution in [2.75, 3.05) is 0 Å². The Morgan fingerprint density at radius 2 is 1.79 bits per heavy atom. The first-order valence-electron chi connectivity index (χ1n) is 8.66. The van der Waals surface area contributed by atoms with Crippen LogP contribution in [0.2, 0.25) is 0 Å². The molecule has 0 aliphatic rings. The third-order valence-corrected chi connectivity index (χ3v) is 4.45. The van der Waals surface area contributed by atoms with E-state index in [-0.39, 0.29) is 22.6 Å². The van der Waals surface area contributed by atoms with E-state index in [0.29, 0.717) is 22.5 Å². The van der Waals surface area contributed by atoms with Crippen LogP contribution in [-0.4, -0.2) is 9.97 Å². The summed E-state index contributed by atoms with van der Waals surface area (Å²) in [6.45, 7) is 3.21. The molecule has 0 aliphatic carbocycles. The average Bonchev–Trinajstić information content (AvgIpc) is 2.67. The van der Waals surface area contributed by atoms with Crippen molar-refractivity contribution >= 4 is 10.9 Å². The van der Waals surface area contributed by atoms with Gasteiger partial charge in [-0.3, -0.25) is 4.79 Å². The zero-order valence-corrected chi connectivity index (χ0v) is 15.2. The third-order valence-electron chi connectivity index (χ3n) is 4.45. The second-order valence-electron chi connectivity index (χ2n) is 6.53. The fourth-order valence-electron chi connectivity index (χ4n) is 3.05. The molecule has 140 valence electrons. The van der Waals surface area contributed by atoms with Gasteiger partial charge in [-0.05, 0) is 38.1 Å². The number of pyridine rings is 2. The van der Waals surface area contributed by atoms with Gasteiger partial charge in [0.15, 0.2) is 17.1 Å². The predicted molar refractivity (Wildman–Crippen MR) is 104 cm³/mol. The predicted octanol–water partition coefficient (Wildman–Crippen LogP) is 5.28. The number of nitrogens with one attached hydrogen (secondary N) is 1. The van der Waals surface area contributed by atoms with Crippen molar-refractivity contribution in [3.63, 3.8) is 0 Å². The summed E-state index contributed by atoms with van der Waals surface area (Å²) >= 11 is 0. The van der Waals surface area contributed by atoms with Crippen molar-refractivity contribution in [2.45, 2.75) is 13.8 Å². The molecule has 2 heterocycles. The molecule has 0 bridgehead atoms. The van der Waals surface area contributed by atoms with Gasteiger partial charge < -0.3 is 9.72 Å². The average molecular weight is 378 g/mol. The summed E-state index contributed by atoms with van der Waals surface area (Å²) in [5.41, 5.74) is 2.32. The summed E-state index contributed by atoms with van der Waals surface area (Å²) < 4.78 is 33.3. The first-order chi connectivity index (χ1) is 13.4. The Kier molecular flexibility index (Phi) is 4.39. The van der Waals surface area contributed by atoms with Crippen LogP contribution in [-0.2, 0) is 0 Å². The molecule has 28 heavy (non-hydrogen) atoms. The fourth-order valence-corrected chi connectivity index (χ4v) is 3.05. The summed E-state index contributed by atoms with van der Waals surface area (Å²) in [4.78, 5) is 19.7. The molecule has 0 atom stereocenters. The summed E-state index contributed by atoms with van der Waals surface area (Å²) in [7, 11) is 0. The first kappa shape index (κ1) is 17.9. The number of nitrogens with zero attached hydrogens (tertiary/aromatic N) is 1. The summed E-state index contributed by atoms with van der Waals surface area (Å²) in [6.07, 6.45) is 0. The highest BCUT2D eigenvalue weighted by molar-refractivity contribution is 5.85. The number of hydrogen-bond donors (Lipinski definition) is 1. The second kappa shape index (κ2) is 6.88. The van der Waals surface area contributed by atoms with Gasteiger partial charge in [-0.25, -0.2) is 13.8 Å². The van der Waals surface area contributed by atoms with Crippen molar-refractivity contribution in [3.8, 4) is 22.9 Å². The minimum Gasteiger partial charge on any atom is -0.438 e. The van der Waals surface area contributed by atoms with Crippen molar-refractivity contribution in [1.82, 2.24) is 9.97 Å². The molecular weight excluding hydrogens is 362 g/mol. The van der Waals surface area contributed by atoms with Gasteiger partial charge >= 0.3 is 0 Å². The van der Waals surface area contributed by atoms with Crippen LogP contribution in [0.1, 0.15) is 11.3 Å². The highest BCUT2D eigenvalue weighted by atomic mass is 19.2. The number of aryl methyl sites for hydroxylation is 1. The molecule has 0 spiro atoms. The van der Waals surface area contributed by atoms with Crippen molar-refractivity contribution < 1.29 is 13.5 Å². The van der Waals surface area contributed by atoms with Gasteiger partial charge in [-0.2, -0.15) is 0 Å². The number of hydrogen-bond acceptors (Lipinski definition) is 3. The maximum absolute atomic E-state index is 14.0. The van der Waals surface area contributed by atoms with Crippen LogP contribution < -0.4 is 10.2 Å². The number of H-pyrrole nitrogens is 1. The zero-order valence-electron chi connectivity index (χ0n) is 15.2. The van der Waals surface area contributed by atoms with E-state index in [2.05, 4.69) is 9.97 Å². The number of halogens is 2. The monoisotopic (exact) mass is 378 g/mol. The lowest BCUT2D eigenvalue weighted by Crippen LogP contribution is -2.03. The first-order valence-corrected chi connectivity index (χ1v) is 8.66. The lowest BCUT2D eigenvalue weighted by molar-refractivity contribution is 0.444. The smallest absolute Gasteiger partial charge is 0.229 e. The van der Waals surface area contributed by atoms with Gasteiger partial charge in [-0.15, -0.1) is 0 Å². The molecule has 0 fully saturated rings. The standard InChI is InChI=1S/C22H16F2N2O2/c1-12-9-15(27)11-19(25-12)16-10-14-5-3-4-6-18(14)26-22(16)28-20-8-7-17(23)21(24)13(20)2/h3-11H,1-2H3,(H,25,27). The maximum atomic E-state index is 14.0. The molecule has 0 aliphatic heterocycles. The molecule has 4 nitrogen and oxygen atoms in total. The number of fused-ring (bicyclic) bond motifs is 1. The number of rotatable bonds is 3. The molecule has 0 saturated heterocycles. The van der Waals surface area contributed by atoms with E-state index >= 15 is 0 Å². The van der Waals surface area contributed by atoms with E-state index in [9.17, 15) is 13.6 Å². The Bertz CT molecular complexity index is 1270. The molecule has 1 N–H and O–H groups in total. The zero-order chi connectivity index (χ0) is 19.8. The number of para-hydroxylation sites is 1. The van der Waals surface area contributed by atoms with Crippen molar-refractivity contribution in [1.29, 1.82) is 0 Å². The van der Waals surface area contributed by atoms with Crippen LogP contribution in [0.5, 0.6) is 11.6 Å². The molecule has 6 heteroatoms. The van der Waals surface area contributed by atoms with E-state index in [4.69, 9.17) is 4.74 Å². The summed E-state index contributed by atoms with van der Waals surface area (Å²) in [5.74, 6) is -1.57. The van der Waals surface area contributed by atoms with Crippen LogP contribution >= 0.6 is 0 Å². The van der Waals surface area contributed by atoms with Gasteiger partial charge in [0.1, 0.15) is 5.75 Å². The number of benzene rings is 2. The van der Waals surface area contributed by atoms with Gasteiger partial charge in [0.25, 0.3) is 0 Å². The van der Waals surface area contributed by atoms with Crippen LogP contribution in [0.4, 0.5) is 8.78 Å². The molecule has 0 amide bonds. The Morgan fingerprint density at radius 3 is 2.57 bits per heavy atom. The molecule has 0 unspecified atom stereocenters. The van der Waals surface area contributed by atoms with E-state index in [0.717, 1.165) is 11.5 Å². The van der Waals surface area contributed by atoms with Crippen LogP contribution in [0.25, 0.3) is 22.2 Å². The molecular formula is C22H16F2N2O2. The Morgan fingerprint density at radius 1 is 1.00 bits per heavy atom. The summed E-state index contributed by atoms with van der Waals surface area (Å²) in [6, 6.07) is 14.6. The molecule has 2 aromatic carbocycles. The van der Waals surface area contributed by atoms with E-state index < -0.39 is 11.6 Å². The fraction of sp³-hybridized carbons (Fsp3) is 0.0909. The quantitative estimate of drug-likeness (QED) is 0.528. The lowest BCUT2D eigenvalue weighted by atomic mass is 10.1. The minimum absolute atomic E-state index is 0.0404. The Labute approximate surface area is 159 Å². The van der Waals surface area contributed by atoms with E-state index in [1.807, 2.05) is 30.3 Å². The Balaban J connectivity index is 1.93. The van der Waals surface area contributed by atoms with Crippen molar-refractivity contribution in [3.05, 3.63) is 87.7 Å². The highest BCUT2D eigenvalue weighted by Crippen LogP contribution is 2.35. The van der Waals surface area contributed by atoms with Crippen LogP contribution in [0.3, 0.4) is 0 Å². The summed E-state index contributed by atoms with van der Waals surface area (Å²) in [5, 5.41) is 0.856. The lowest BCUT2D eigenvalue weighted by Gasteiger charge is -2.14. The van der Waals surface area contributed by atoms with Gasteiger partial charge in [-0.1, -0.05) is 18.2 Å². The van der Waals surface area contributed by atoms with E-state index in [1.54, 1.807) is 6.92 Å². The van der Waals surface area contributed by atoms with Crippen LogP contribution in [0, 0.1) is 25.5 Å². The Hall–Kier alpha value is -3.54. The van der Waals surface area contributed by atoms with Crippen molar-refractivity contribution in [2.24, 2.45) is 0 Å². The topological polar surface area (TPSA) is 55.0 Å². The van der Waals surface area contributed by atoms with Gasteiger partial charge in [0, 0.05) is 28.8 Å². The largest absolute Gasteiger partial charge is 0.438 e. The second-order valence-corrected chi connectivity index (χ2v) is 6.53. The number of aromatic amines is 1. The number of ether oxygens (including phenoxy) is 1. The molecule has 0 saturated carbocycles. The van der Waals surface area contributed by atoms with Gasteiger partial charge in [0.05, 0.1) is 16.8 Å². The molecule has 2 aromatic heterocycles. The SMILES string of the molecule is Cc1cc(=O)cc(-c2cc3ccccc3nc2Oc2ccc(F)c(F)c2C)[nH]1. The number of aromatic nitrogens is 2.